The van der Waals surface area contributed by atoms with E-state index in [0.717, 1.165) is 12.5 Å². The summed E-state index contributed by atoms with van der Waals surface area (Å²) in [5.41, 5.74) is 2.52. The van der Waals surface area contributed by atoms with Crippen LogP contribution in [0, 0.1) is 5.92 Å². The number of H-pyrrole nitrogens is 1. The van der Waals surface area contributed by atoms with Crippen LogP contribution in [-0.2, 0) is 6.54 Å². The number of aromatic nitrogens is 1. The Hall–Kier alpha value is -1.28. The molecule has 2 aromatic rings. The van der Waals surface area contributed by atoms with Crippen LogP contribution in [0.1, 0.15) is 25.5 Å². The van der Waals surface area contributed by atoms with Crippen molar-refractivity contribution in [2.24, 2.45) is 5.92 Å². The minimum Gasteiger partial charge on any atom is -0.357 e. The van der Waals surface area contributed by atoms with Crippen LogP contribution in [0.3, 0.4) is 0 Å². The van der Waals surface area contributed by atoms with Gasteiger partial charge in [0.2, 0.25) is 0 Å². The number of aromatic amines is 1. The zero-order valence-electron chi connectivity index (χ0n) is 9.66. The molecule has 0 aliphatic heterocycles. The summed E-state index contributed by atoms with van der Waals surface area (Å²) in [5.74, 6) is 0.921. The van der Waals surface area contributed by atoms with Gasteiger partial charge in [-0.05, 0) is 43.2 Å². The smallest absolute Gasteiger partial charge is 0.0456 e. The molecule has 0 bridgehead atoms. The third-order valence-corrected chi connectivity index (χ3v) is 3.53. The van der Waals surface area contributed by atoms with Gasteiger partial charge in [0, 0.05) is 23.8 Å². The molecule has 1 aliphatic rings. The number of nitrogens with one attached hydrogen (secondary N) is 2. The molecule has 84 valence electrons. The maximum atomic E-state index is 3.59. The normalized spacial score (nSPS) is 17.8. The van der Waals surface area contributed by atoms with Gasteiger partial charge in [0.05, 0.1) is 0 Å². The second kappa shape index (κ2) is 3.95. The number of para-hydroxylation sites is 1. The number of hydrogen-bond acceptors (Lipinski definition) is 1. The first kappa shape index (κ1) is 9.91. The van der Waals surface area contributed by atoms with E-state index >= 15 is 0 Å². The Kier molecular flexibility index (Phi) is 2.44. The van der Waals surface area contributed by atoms with Crippen molar-refractivity contribution < 1.29 is 0 Å². The van der Waals surface area contributed by atoms with Gasteiger partial charge in [-0.1, -0.05) is 18.2 Å². The van der Waals surface area contributed by atoms with Crippen LogP contribution in [0.4, 0.5) is 0 Å². The predicted molar refractivity (Wildman–Crippen MR) is 67.3 cm³/mol. The SMILES string of the molecule is CC(NCc1cc2ccccc2[nH]1)C1CC1. The molecule has 2 nitrogen and oxygen atoms in total. The fraction of sp³-hybridized carbons (Fsp3) is 0.429. The third-order valence-electron chi connectivity index (χ3n) is 3.53. The third kappa shape index (κ3) is 1.98. The molecule has 2 N–H and O–H groups in total. The molecule has 1 aromatic carbocycles. The van der Waals surface area contributed by atoms with Crippen LogP contribution in [-0.4, -0.2) is 11.0 Å². The lowest BCUT2D eigenvalue weighted by molar-refractivity contribution is 0.493. The molecule has 0 saturated heterocycles. The second-order valence-electron chi connectivity index (χ2n) is 4.89. The van der Waals surface area contributed by atoms with E-state index in [1.165, 1.54) is 29.4 Å². The van der Waals surface area contributed by atoms with E-state index in [9.17, 15) is 0 Å². The molecule has 0 radical (unpaired) electrons. The van der Waals surface area contributed by atoms with Crippen LogP contribution >= 0.6 is 0 Å². The highest BCUT2D eigenvalue weighted by molar-refractivity contribution is 5.80. The number of fused-ring (bicyclic) bond motifs is 1. The van der Waals surface area contributed by atoms with Gasteiger partial charge in [-0.2, -0.15) is 0 Å². The minimum atomic E-state index is 0.659. The van der Waals surface area contributed by atoms with Crippen LogP contribution in [0.15, 0.2) is 30.3 Å². The molecule has 1 heterocycles. The van der Waals surface area contributed by atoms with Crippen molar-refractivity contribution in [3.05, 3.63) is 36.0 Å². The Morgan fingerprint density at radius 1 is 1.38 bits per heavy atom. The first-order valence-electron chi connectivity index (χ1n) is 6.13. The molecule has 3 rings (SSSR count). The maximum Gasteiger partial charge on any atom is 0.0456 e. The summed E-state index contributed by atoms with van der Waals surface area (Å²) in [6, 6.07) is 11.3. The molecular formula is C14H18N2. The van der Waals surface area contributed by atoms with Crippen LogP contribution in [0.2, 0.25) is 0 Å². The fourth-order valence-electron chi connectivity index (χ4n) is 2.26. The summed E-state index contributed by atoms with van der Waals surface area (Å²) in [6.45, 7) is 3.24. The van der Waals surface area contributed by atoms with E-state index < -0.39 is 0 Å². The lowest BCUT2D eigenvalue weighted by Gasteiger charge is -2.11. The second-order valence-corrected chi connectivity index (χ2v) is 4.89. The van der Waals surface area contributed by atoms with E-state index in [-0.39, 0.29) is 0 Å². The van der Waals surface area contributed by atoms with E-state index in [1.54, 1.807) is 0 Å². The average Bonchev–Trinajstić information content (AvgIpc) is 3.06. The number of benzene rings is 1. The van der Waals surface area contributed by atoms with Crippen LogP contribution < -0.4 is 5.32 Å². The summed E-state index contributed by atoms with van der Waals surface area (Å²) in [7, 11) is 0. The highest BCUT2D eigenvalue weighted by Gasteiger charge is 2.27. The van der Waals surface area contributed by atoms with Gasteiger partial charge in [0.15, 0.2) is 0 Å². The molecule has 1 unspecified atom stereocenters. The maximum absolute atomic E-state index is 3.59. The predicted octanol–water partition coefficient (Wildman–Crippen LogP) is 3.06. The Bertz CT molecular complexity index is 449. The van der Waals surface area contributed by atoms with Crippen molar-refractivity contribution in [3.8, 4) is 0 Å². The average molecular weight is 214 g/mol. The topological polar surface area (TPSA) is 27.8 Å². The zero-order chi connectivity index (χ0) is 11.0. The minimum absolute atomic E-state index is 0.659. The van der Waals surface area contributed by atoms with Gasteiger partial charge < -0.3 is 10.3 Å². The zero-order valence-corrected chi connectivity index (χ0v) is 9.66. The highest BCUT2D eigenvalue weighted by atomic mass is 14.9. The van der Waals surface area contributed by atoms with E-state index in [1.807, 2.05) is 0 Å². The molecule has 1 atom stereocenters. The Morgan fingerprint density at radius 2 is 2.19 bits per heavy atom. The highest BCUT2D eigenvalue weighted by Crippen LogP contribution is 2.32. The van der Waals surface area contributed by atoms with Crippen molar-refractivity contribution in [3.63, 3.8) is 0 Å². The van der Waals surface area contributed by atoms with Crippen LogP contribution in [0.5, 0.6) is 0 Å². The molecule has 16 heavy (non-hydrogen) atoms. The standard InChI is InChI=1S/C14H18N2/c1-10(11-6-7-11)15-9-13-8-12-4-2-3-5-14(12)16-13/h2-5,8,10-11,15-16H,6-7,9H2,1H3. The summed E-state index contributed by atoms with van der Waals surface area (Å²) >= 11 is 0. The summed E-state index contributed by atoms with van der Waals surface area (Å²) in [4.78, 5) is 3.45. The van der Waals surface area contributed by atoms with Gasteiger partial charge in [0.1, 0.15) is 0 Å². The van der Waals surface area contributed by atoms with Gasteiger partial charge in [-0.25, -0.2) is 0 Å². The summed E-state index contributed by atoms with van der Waals surface area (Å²) in [6.07, 6.45) is 2.81. The monoisotopic (exact) mass is 214 g/mol. The quantitative estimate of drug-likeness (QED) is 0.804. The Morgan fingerprint density at radius 3 is 2.94 bits per heavy atom. The van der Waals surface area contributed by atoms with E-state index in [4.69, 9.17) is 0 Å². The van der Waals surface area contributed by atoms with Gasteiger partial charge in [-0.15, -0.1) is 0 Å². The fourth-order valence-corrected chi connectivity index (χ4v) is 2.26. The van der Waals surface area contributed by atoms with E-state index in [2.05, 4.69) is 47.6 Å². The lowest BCUT2D eigenvalue weighted by atomic mass is 10.2. The summed E-state index contributed by atoms with van der Waals surface area (Å²) < 4.78 is 0. The first-order valence-corrected chi connectivity index (χ1v) is 6.13. The lowest BCUT2D eigenvalue weighted by Crippen LogP contribution is -2.27. The van der Waals surface area contributed by atoms with Gasteiger partial charge >= 0.3 is 0 Å². The summed E-state index contributed by atoms with van der Waals surface area (Å²) in [5, 5.41) is 4.89. The molecule has 1 aromatic heterocycles. The van der Waals surface area contributed by atoms with Crippen molar-refractivity contribution in [2.75, 3.05) is 0 Å². The largest absolute Gasteiger partial charge is 0.357 e. The van der Waals surface area contributed by atoms with Gasteiger partial charge in [-0.3, -0.25) is 0 Å². The van der Waals surface area contributed by atoms with Crippen molar-refractivity contribution in [1.29, 1.82) is 0 Å². The molecule has 0 amide bonds. The Balaban J connectivity index is 1.69. The number of rotatable bonds is 4. The van der Waals surface area contributed by atoms with Gasteiger partial charge in [0.25, 0.3) is 0 Å². The number of hydrogen-bond donors (Lipinski definition) is 2. The molecule has 0 spiro atoms. The Labute approximate surface area is 96.1 Å². The molecule has 1 aliphatic carbocycles. The molecular weight excluding hydrogens is 196 g/mol. The molecule has 2 heteroatoms. The van der Waals surface area contributed by atoms with Crippen molar-refractivity contribution in [1.82, 2.24) is 10.3 Å². The van der Waals surface area contributed by atoms with Crippen molar-refractivity contribution >= 4 is 10.9 Å². The molecule has 1 saturated carbocycles. The first-order chi connectivity index (χ1) is 7.83. The van der Waals surface area contributed by atoms with Crippen molar-refractivity contribution in [2.45, 2.75) is 32.4 Å². The molecule has 1 fully saturated rings. The van der Waals surface area contributed by atoms with E-state index in [0.29, 0.717) is 6.04 Å². The van der Waals surface area contributed by atoms with Crippen LogP contribution in [0.25, 0.3) is 10.9 Å².